The summed E-state index contributed by atoms with van der Waals surface area (Å²) in [6.45, 7) is 0.318. The van der Waals surface area contributed by atoms with Crippen LogP contribution < -0.4 is 19.5 Å². The molecule has 5 nitrogen and oxygen atoms in total. The van der Waals surface area contributed by atoms with Crippen LogP contribution in [0.4, 0.5) is 0 Å². The monoisotopic (exact) mass is 335 g/mol. The summed E-state index contributed by atoms with van der Waals surface area (Å²) in [5.41, 5.74) is 0.905. The molecule has 0 bridgehead atoms. The molecule has 0 saturated heterocycles. The number of amides is 1. The minimum Gasteiger partial charge on any atom is -0.493 e. The molecule has 0 atom stereocenters. The molecule has 0 unspecified atom stereocenters. The second-order valence-corrected chi connectivity index (χ2v) is 5.15. The average Bonchev–Trinajstić information content (AvgIpc) is 2.59. The van der Waals surface area contributed by atoms with E-state index < -0.39 is 0 Å². The first-order chi connectivity index (χ1) is 11.1. The van der Waals surface area contributed by atoms with Gasteiger partial charge in [0.05, 0.1) is 14.2 Å². The Morgan fingerprint density at radius 3 is 2.39 bits per heavy atom. The van der Waals surface area contributed by atoms with E-state index in [0.29, 0.717) is 28.8 Å². The second-order valence-electron chi connectivity index (χ2n) is 4.71. The molecule has 1 N–H and O–H groups in total. The predicted octanol–water partition coefficient (Wildman–Crippen LogP) is 3.05. The van der Waals surface area contributed by atoms with Gasteiger partial charge < -0.3 is 19.5 Å². The van der Waals surface area contributed by atoms with E-state index in [1.165, 1.54) is 0 Å². The van der Waals surface area contributed by atoms with E-state index in [-0.39, 0.29) is 12.5 Å². The third kappa shape index (κ3) is 5.07. The van der Waals surface area contributed by atoms with Gasteiger partial charge in [0, 0.05) is 11.6 Å². The Morgan fingerprint density at radius 1 is 1.04 bits per heavy atom. The number of rotatable bonds is 7. The van der Waals surface area contributed by atoms with Crippen LogP contribution in [0.25, 0.3) is 0 Å². The van der Waals surface area contributed by atoms with Crippen LogP contribution in [0, 0.1) is 0 Å². The SMILES string of the molecule is COc1ccc(CNC(=O)COc2ccc(Cl)cc2)cc1OC. The van der Waals surface area contributed by atoms with Crippen molar-refractivity contribution in [2.24, 2.45) is 0 Å². The zero-order valence-corrected chi connectivity index (χ0v) is 13.7. The summed E-state index contributed by atoms with van der Waals surface area (Å²) in [5, 5.41) is 3.40. The number of halogens is 1. The van der Waals surface area contributed by atoms with Gasteiger partial charge in [-0.1, -0.05) is 17.7 Å². The van der Waals surface area contributed by atoms with Crippen LogP contribution in [0.15, 0.2) is 42.5 Å². The molecular weight excluding hydrogens is 318 g/mol. The van der Waals surface area contributed by atoms with Gasteiger partial charge in [-0.25, -0.2) is 0 Å². The number of nitrogens with one attached hydrogen (secondary N) is 1. The van der Waals surface area contributed by atoms with Gasteiger partial charge in [0.2, 0.25) is 0 Å². The smallest absolute Gasteiger partial charge is 0.258 e. The standard InChI is InChI=1S/C17H18ClNO4/c1-21-15-8-3-12(9-16(15)22-2)10-19-17(20)11-23-14-6-4-13(18)5-7-14/h3-9H,10-11H2,1-2H3,(H,19,20). The summed E-state index contributed by atoms with van der Waals surface area (Å²) in [5.74, 6) is 1.65. The van der Waals surface area contributed by atoms with E-state index >= 15 is 0 Å². The predicted molar refractivity (Wildman–Crippen MR) is 88.3 cm³/mol. The van der Waals surface area contributed by atoms with Crippen molar-refractivity contribution in [1.29, 1.82) is 0 Å². The second kappa shape index (κ2) is 8.29. The highest BCUT2D eigenvalue weighted by atomic mass is 35.5. The maximum absolute atomic E-state index is 11.8. The van der Waals surface area contributed by atoms with Gasteiger partial charge >= 0.3 is 0 Å². The first-order valence-electron chi connectivity index (χ1n) is 6.98. The lowest BCUT2D eigenvalue weighted by molar-refractivity contribution is -0.123. The summed E-state index contributed by atoms with van der Waals surface area (Å²) in [6, 6.07) is 12.3. The van der Waals surface area contributed by atoms with Crippen molar-refractivity contribution < 1.29 is 19.0 Å². The van der Waals surface area contributed by atoms with Crippen molar-refractivity contribution in [3.05, 3.63) is 53.1 Å². The molecule has 6 heteroatoms. The molecule has 0 radical (unpaired) electrons. The number of carbonyl (C=O) groups excluding carboxylic acids is 1. The summed E-state index contributed by atoms with van der Waals surface area (Å²) in [6.07, 6.45) is 0. The maximum Gasteiger partial charge on any atom is 0.258 e. The van der Waals surface area contributed by atoms with Crippen molar-refractivity contribution in [3.8, 4) is 17.2 Å². The van der Waals surface area contributed by atoms with Crippen molar-refractivity contribution in [2.45, 2.75) is 6.54 Å². The van der Waals surface area contributed by atoms with Gasteiger partial charge in [0.15, 0.2) is 18.1 Å². The summed E-state index contributed by atoms with van der Waals surface area (Å²) in [4.78, 5) is 11.8. The normalized spacial score (nSPS) is 10.0. The lowest BCUT2D eigenvalue weighted by Crippen LogP contribution is -2.28. The van der Waals surface area contributed by atoms with E-state index in [1.807, 2.05) is 12.1 Å². The molecule has 23 heavy (non-hydrogen) atoms. The molecule has 0 aliphatic carbocycles. The number of benzene rings is 2. The van der Waals surface area contributed by atoms with Crippen LogP contribution in [0.5, 0.6) is 17.2 Å². The first-order valence-corrected chi connectivity index (χ1v) is 7.36. The highest BCUT2D eigenvalue weighted by Crippen LogP contribution is 2.27. The van der Waals surface area contributed by atoms with Crippen molar-refractivity contribution in [3.63, 3.8) is 0 Å². The van der Waals surface area contributed by atoms with Crippen LogP contribution in [0.1, 0.15) is 5.56 Å². The van der Waals surface area contributed by atoms with Crippen molar-refractivity contribution in [2.75, 3.05) is 20.8 Å². The zero-order valence-electron chi connectivity index (χ0n) is 13.0. The fourth-order valence-corrected chi connectivity index (χ4v) is 2.05. The Hall–Kier alpha value is -2.40. The molecular formula is C17H18ClNO4. The van der Waals surface area contributed by atoms with Gasteiger partial charge in [0.25, 0.3) is 5.91 Å². The van der Waals surface area contributed by atoms with Crippen LogP contribution in [0.2, 0.25) is 5.02 Å². The summed E-state index contributed by atoms with van der Waals surface area (Å²) < 4.78 is 15.8. The average molecular weight is 336 g/mol. The Balaban J connectivity index is 1.83. The van der Waals surface area contributed by atoms with E-state index in [0.717, 1.165) is 5.56 Å². The zero-order chi connectivity index (χ0) is 16.7. The summed E-state index contributed by atoms with van der Waals surface area (Å²) >= 11 is 5.78. The van der Waals surface area contributed by atoms with Crippen LogP contribution >= 0.6 is 11.6 Å². The molecule has 0 spiro atoms. The van der Waals surface area contributed by atoms with E-state index in [9.17, 15) is 4.79 Å². The molecule has 0 aliphatic rings. The Morgan fingerprint density at radius 2 is 1.74 bits per heavy atom. The first kappa shape index (κ1) is 17.0. The Bertz CT molecular complexity index is 658. The largest absolute Gasteiger partial charge is 0.493 e. The number of hydrogen-bond donors (Lipinski definition) is 1. The van der Waals surface area contributed by atoms with Gasteiger partial charge in [-0.2, -0.15) is 0 Å². The molecule has 0 heterocycles. The molecule has 1 amide bonds. The lowest BCUT2D eigenvalue weighted by Gasteiger charge is -2.11. The summed E-state index contributed by atoms with van der Waals surface area (Å²) in [7, 11) is 3.15. The maximum atomic E-state index is 11.8. The topological polar surface area (TPSA) is 56.8 Å². The minimum atomic E-state index is -0.213. The highest BCUT2D eigenvalue weighted by Gasteiger charge is 2.07. The molecule has 2 aromatic rings. The molecule has 2 rings (SSSR count). The van der Waals surface area contributed by atoms with E-state index in [2.05, 4.69) is 5.32 Å². The number of methoxy groups -OCH3 is 2. The molecule has 2 aromatic carbocycles. The van der Waals surface area contributed by atoms with Gasteiger partial charge in [-0.05, 0) is 42.0 Å². The van der Waals surface area contributed by atoms with Crippen LogP contribution in [0.3, 0.4) is 0 Å². The lowest BCUT2D eigenvalue weighted by atomic mass is 10.2. The molecule has 0 fully saturated rings. The number of carbonyl (C=O) groups is 1. The van der Waals surface area contributed by atoms with Gasteiger partial charge in [0.1, 0.15) is 5.75 Å². The third-order valence-electron chi connectivity index (χ3n) is 3.12. The number of ether oxygens (including phenoxy) is 3. The highest BCUT2D eigenvalue weighted by molar-refractivity contribution is 6.30. The molecule has 0 aliphatic heterocycles. The van der Waals surface area contributed by atoms with Crippen molar-refractivity contribution in [1.82, 2.24) is 5.32 Å². The van der Waals surface area contributed by atoms with Gasteiger partial charge in [-0.3, -0.25) is 4.79 Å². The molecule has 0 aromatic heterocycles. The molecule has 0 saturated carbocycles. The minimum absolute atomic E-state index is 0.0606. The van der Waals surface area contributed by atoms with E-state index in [4.69, 9.17) is 25.8 Å². The Kier molecular flexibility index (Phi) is 6.11. The fourth-order valence-electron chi connectivity index (χ4n) is 1.92. The van der Waals surface area contributed by atoms with Gasteiger partial charge in [-0.15, -0.1) is 0 Å². The number of hydrogen-bond acceptors (Lipinski definition) is 4. The van der Waals surface area contributed by atoms with E-state index in [1.54, 1.807) is 44.6 Å². The fraction of sp³-hybridized carbons (Fsp3) is 0.235. The quantitative estimate of drug-likeness (QED) is 0.845. The Labute approximate surface area is 140 Å². The third-order valence-corrected chi connectivity index (χ3v) is 3.37. The van der Waals surface area contributed by atoms with Crippen molar-refractivity contribution >= 4 is 17.5 Å². The van der Waals surface area contributed by atoms with Crippen LogP contribution in [-0.2, 0) is 11.3 Å². The van der Waals surface area contributed by atoms with Crippen LogP contribution in [-0.4, -0.2) is 26.7 Å². The molecule has 122 valence electrons.